The Balaban J connectivity index is 2.26. The number of hydrogen-bond donors (Lipinski definition) is 1. The van der Waals surface area contributed by atoms with Crippen LogP contribution in [0.3, 0.4) is 0 Å². The van der Waals surface area contributed by atoms with Crippen molar-refractivity contribution in [3.8, 4) is 11.3 Å². The van der Waals surface area contributed by atoms with Crippen molar-refractivity contribution >= 4 is 57.3 Å². The first-order valence-corrected chi connectivity index (χ1v) is 9.35. The second-order valence-corrected chi connectivity index (χ2v) is 7.95. The first-order valence-electron chi connectivity index (χ1n) is 7.84. The number of aromatic nitrogens is 1. The van der Waals surface area contributed by atoms with Crippen LogP contribution in [-0.2, 0) is 0 Å². The Morgan fingerprint density at radius 2 is 1.69 bits per heavy atom. The first kappa shape index (κ1) is 19.7. The van der Waals surface area contributed by atoms with Crippen LogP contribution in [0, 0.1) is 0 Å². The van der Waals surface area contributed by atoms with Crippen LogP contribution in [0.25, 0.3) is 22.2 Å². The minimum atomic E-state index is -0.730. The monoisotopic (exact) mass is 428 g/mol. The van der Waals surface area contributed by atoms with Crippen LogP contribution < -0.4 is 0 Å². The van der Waals surface area contributed by atoms with E-state index < -0.39 is 6.10 Å². The highest BCUT2D eigenvalue weighted by atomic mass is 35.5. The molecule has 3 nitrogen and oxygen atoms in total. The molecule has 26 heavy (non-hydrogen) atoms. The summed E-state index contributed by atoms with van der Waals surface area (Å²) in [4.78, 5) is 6.57. The number of rotatable bonds is 4. The Kier molecular flexibility index (Phi) is 5.97. The van der Waals surface area contributed by atoms with Crippen molar-refractivity contribution < 1.29 is 5.11 Å². The van der Waals surface area contributed by atoms with Crippen LogP contribution in [0.1, 0.15) is 11.7 Å². The molecular weight excluding hydrogens is 414 g/mol. The van der Waals surface area contributed by atoms with Crippen LogP contribution in [-0.4, -0.2) is 35.6 Å². The maximum absolute atomic E-state index is 10.7. The maximum Gasteiger partial charge on any atom is 0.0924 e. The van der Waals surface area contributed by atoms with E-state index >= 15 is 0 Å². The smallest absolute Gasteiger partial charge is 0.0924 e. The van der Waals surface area contributed by atoms with Gasteiger partial charge >= 0.3 is 0 Å². The molecule has 1 aromatic heterocycles. The van der Waals surface area contributed by atoms with E-state index in [4.69, 9.17) is 46.4 Å². The second-order valence-electron chi connectivity index (χ2n) is 6.29. The highest BCUT2D eigenvalue weighted by molar-refractivity contribution is 6.42. The van der Waals surface area contributed by atoms with Crippen LogP contribution in [0.4, 0.5) is 0 Å². The molecule has 0 saturated heterocycles. The van der Waals surface area contributed by atoms with Crippen molar-refractivity contribution in [1.29, 1.82) is 0 Å². The highest BCUT2D eigenvalue weighted by Gasteiger charge is 2.18. The predicted molar refractivity (Wildman–Crippen MR) is 111 cm³/mol. The molecule has 136 valence electrons. The van der Waals surface area contributed by atoms with E-state index in [9.17, 15) is 5.11 Å². The summed E-state index contributed by atoms with van der Waals surface area (Å²) in [5.41, 5.74) is 2.71. The molecule has 0 amide bonds. The predicted octanol–water partition coefficient (Wildman–Crippen LogP) is 6.11. The fourth-order valence-corrected chi connectivity index (χ4v) is 3.63. The zero-order chi connectivity index (χ0) is 19.0. The van der Waals surface area contributed by atoms with Gasteiger partial charge in [-0.3, -0.25) is 0 Å². The van der Waals surface area contributed by atoms with Gasteiger partial charge in [0.15, 0.2) is 0 Å². The SMILES string of the molecule is CN(C)C[C@@H](O)c1cc(-c2ccc(Cl)c(Cl)c2)nc2c(Cl)cc(Cl)cc12. The van der Waals surface area contributed by atoms with Crippen LogP contribution in [0.5, 0.6) is 0 Å². The molecule has 1 heterocycles. The zero-order valence-corrected chi connectivity index (χ0v) is 17.1. The van der Waals surface area contributed by atoms with E-state index in [0.29, 0.717) is 43.4 Å². The largest absolute Gasteiger partial charge is 0.387 e. The average molecular weight is 430 g/mol. The summed E-state index contributed by atoms with van der Waals surface area (Å²) >= 11 is 24.7. The number of pyridine rings is 1. The molecule has 3 rings (SSSR count). The van der Waals surface area contributed by atoms with E-state index in [1.54, 1.807) is 24.3 Å². The van der Waals surface area contributed by atoms with Gasteiger partial charge in [-0.25, -0.2) is 4.98 Å². The molecule has 0 aliphatic rings. The van der Waals surface area contributed by atoms with Gasteiger partial charge < -0.3 is 10.0 Å². The van der Waals surface area contributed by atoms with E-state index in [-0.39, 0.29) is 0 Å². The lowest BCUT2D eigenvalue weighted by Gasteiger charge is -2.19. The summed E-state index contributed by atoms with van der Waals surface area (Å²) in [6.07, 6.45) is -0.730. The van der Waals surface area contributed by atoms with Gasteiger partial charge in [0.25, 0.3) is 0 Å². The summed E-state index contributed by atoms with van der Waals surface area (Å²) in [5, 5.41) is 13.3. The summed E-state index contributed by atoms with van der Waals surface area (Å²) in [5.74, 6) is 0. The summed E-state index contributed by atoms with van der Waals surface area (Å²) in [7, 11) is 3.79. The minimum absolute atomic E-state index is 0.424. The quantitative estimate of drug-likeness (QED) is 0.543. The van der Waals surface area contributed by atoms with Crippen LogP contribution in [0.15, 0.2) is 36.4 Å². The molecule has 0 bridgehead atoms. The number of benzene rings is 2. The number of aliphatic hydroxyl groups is 1. The Morgan fingerprint density at radius 1 is 0.962 bits per heavy atom. The van der Waals surface area contributed by atoms with Gasteiger partial charge in [0.2, 0.25) is 0 Å². The van der Waals surface area contributed by atoms with Gasteiger partial charge in [0.05, 0.1) is 32.4 Å². The Bertz CT molecular complexity index is 975. The van der Waals surface area contributed by atoms with E-state index in [0.717, 1.165) is 10.9 Å². The zero-order valence-electron chi connectivity index (χ0n) is 14.1. The number of halogens is 4. The van der Waals surface area contributed by atoms with Gasteiger partial charge in [-0.05, 0) is 50.0 Å². The molecule has 3 aromatic rings. The normalized spacial score (nSPS) is 12.8. The van der Waals surface area contributed by atoms with Crippen molar-refractivity contribution in [2.75, 3.05) is 20.6 Å². The van der Waals surface area contributed by atoms with E-state index in [1.165, 1.54) is 0 Å². The maximum atomic E-state index is 10.7. The molecule has 2 aromatic carbocycles. The first-order chi connectivity index (χ1) is 12.3. The fourth-order valence-electron chi connectivity index (χ4n) is 2.80. The molecule has 0 fully saturated rings. The van der Waals surface area contributed by atoms with Crippen molar-refractivity contribution in [3.63, 3.8) is 0 Å². The molecule has 0 saturated carbocycles. The average Bonchev–Trinajstić information content (AvgIpc) is 2.56. The fraction of sp³-hybridized carbons (Fsp3) is 0.211. The highest BCUT2D eigenvalue weighted by Crippen LogP contribution is 2.36. The standard InChI is InChI=1S/C19H16Cl4N2O/c1-25(2)9-18(26)12-8-17(10-3-4-14(21)15(22)5-10)24-19-13(12)6-11(20)7-16(19)23/h3-8,18,26H,9H2,1-2H3/t18-/m1/s1. The van der Waals surface area contributed by atoms with Crippen molar-refractivity contribution in [3.05, 3.63) is 62.1 Å². The summed E-state index contributed by atoms with van der Waals surface area (Å²) in [6, 6.07) is 10.5. The summed E-state index contributed by atoms with van der Waals surface area (Å²) < 4.78 is 0. The number of likely N-dealkylation sites (N-methyl/N-ethyl adjacent to an activating group) is 1. The van der Waals surface area contributed by atoms with Gasteiger partial charge in [0.1, 0.15) is 0 Å². The summed E-state index contributed by atoms with van der Waals surface area (Å²) in [6.45, 7) is 0.448. The lowest BCUT2D eigenvalue weighted by molar-refractivity contribution is 0.139. The van der Waals surface area contributed by atoms with Gasteiger partial charge in [-0.15, -0.1) is 0 Å². The van der Waals surface area contributed by atoms with Crippen molar-refractivity contribution in [2.45, 2.75) is 6.10 Å². The molecule has 0 aliphatic heterocycles. The van der Waals surface area contributed by atoms with Gasteiger partial charge in [0, 0.05) is 22.5 Å². The minimum Gasteiger partial charge on any atom is -0.387 e. The van der Waals surface area contributed by atoms with Gasteiger partial charge in [-0.1, -0.05) is 52.5 Å². The number of fused-ring (bicyclic) bond motifs is 1. The van der Waals surface area contributed by atoms with E-state index in [2.05, 4.69) is 4.98 Å². The van der Waals surface area contributed by atoms with Crippen LogP contribution in [0.2, 0.25) is 20.1 Å². The third-order valence-corrected chi connectivity index (χ3v) is 5.22. The molecule has 0 spiro atoms. The Hall–Kier alpha value is -1.07. The third-order valence-electron chi connectivity index (χ3n) is 3.98. The molecule has 1 N–H and O–H groups in total. The Labute approximate surface area is 172 Å². The molecular formula is C19H16Cl4N2O. The third kappa shape index (κ3) is 4.09. The number of aliphatic hydroxyl groups excluding tert-OH is 1. The molecule has 0 aliphatic carbocycles. The Morgan fingerprint density at radius 3 is 2.35 bits per heavy atom. The van der Waals surface area contributed by atoms with Crippen molar-refractivity contribution in [1.82, 2.24) is 9.88 Å². The van der Waals surface area contributed by atoms with Crippen molar-refractivity contribution in [2.24, 2.45) is 0 Å². The topological polar surface area (TPSA) is 36.4 Å². The number of nitrogens with zero attached hydrogens (tertiary/aromatic N) is 2. The lowest BCUT2D eigenvalue weighted by atomic mass is 10.00. The van der Waals surface area contributed by atoms with Crippen LogP contribution >= 0.6 is 46.4 Å². The van der Waals surface area contributed by atoms with E-state index in [1.807, 2.05) is 31.1 Å². The second kappa shape index (κ2) is 7.89. The molecule has 0 unspecified atom stereocenters. The molecule has 7 heteroatoms. The lowest BCUT2D eigenvalue weighted by Crippen LogP contribution is -2.20. The molecule has 1 atom stereocenters. The molecule has 0 radical (unpaired) electrons. The van der Waals surface area contributed by atoms with Gasteiger partial charge in [-0.2, -0.15) is 0 Å². The number of hydrogen-bond acceptors (Lipinski definition) is 3.